The Morgan fingerprint density at radius 3 is 2.64 bits per heavy atom. The highest BCUT2D eigenvalue weighted by Gasteiger charge is 2.26. The van der Waals surface area contributed by atoms with Crippen molar-refractivity contribution in [2.24, 2.45) is 0 Å². The van der Waals surface area contributed by atoms with Crippen molar-refractivity contribution in [3.8, 4) is 5.75 Å². The Kier molecular flexibility index (Phi) is 6.27. The van der Waals surface area contributed by atoms with Gasteiger partial charge in [-0.15, -0.1) is 0 Å². The van der Waals surface area contributed by atoms with Crippen molar-refractivity contribution in [3.63, 3.8) is 0 Å². The number of carbonyl (C=O) groups is 1. The van der Waals surface area contributed by atoms with Crippen molar-refractivity contribution in [1.82, 2.24) is 9.62 Å². The number of hydrogen-bond acceptors (Lipinski definition) is 4. The van der Waals surface area contributed by atoms with Crippen molar-refractivity contribution in [1.29, 1.82) is 0 Å². The summed E-state index contributed by atoms with van der Waals surface area (Å²) in [5.41, 5.74) is 2.21. The maximum Gasteiger partial charge on any atom is 0.243 e. The molecular weight excluding hydrogens is 400 g/mol. The molecule has 0 aromatic heterocycles. The number of nitrogens with zero attached hydrogens (tertiary/aromatic N) is 1. The Bertz CT molecular complexity index is 961. The summed E-state index contributed by atoms with van der Waals surface area (Å²) < 4.78 is 31.6. The molecule has 2 aromatic carbocycles. The SMILES string of the molecule is COc1ccc2c(c1)CCC[C@H]2NC(=O)CN(C)S(=O)(=O)c1ccc(Cl)cc1. The zero-order valence-corrected chi connectivity index (χ0v) is 17.4. The minimum absolute atomic E-state index is 0.0994. The van der Waals surface area contributed by atoms with Crippen molar-refractivity contribution in [2.75, 3.05) is 20.7 Å². The van der Waals surface area contributed by atoms with Crippen LogP contribution in [0.1, 0.15) is 30.0 Å². The first-order chi connectivity index (χ1) is 13.3. The fourth-order valence-electron chi connectivity index (χ4n) is 3.38. The van der Waals surface area contributed by atoms with E-state index in [0.717, 1.165) is 40.4 Å². The topological polar surface area (TPSA) is 75.7 Å². The number of likely N-dealkylation sites (N-methyl/N-ethyl adjacent to an activating group) is 1. The summed E-state index contributed by atoms with van der Waals surface area (Å²) in [7, 11) is -0.746. The number of rotatable bonds is 6. The molecular formula is C20H23ClN2O4S. The predicted molar refractivity (Wildman–Crippen MR) is 108 cm³/mol. The van der Waals surface area contributed by atoms with Crippen molar-refractivity contribution in [2.45, 2.75) is 30.2 Å². The average molecular weight is 423 g/mol. The summed E-state index contributed by atoms with van der Waals surface area (Å²) in [4.78, 5) is 12.6. The van der Waals surface area contributed by atoms with E-state index in [0.29, 0.717) is 5.02 Å². The van der Waals surface area contributed by atoms with Crippen molar-refractivity contribution >= 4 is 27.5 Å². The molecule has 0 saturated heterocycles. The second kappa shape index (κ2) is 8.51. The Morgan fingerprint density at radius 2 is 1.96 bits per heavy atom. The first-order valence-electron chi connectivity index (χ1n) is 8.99. The van der Waals surface area contributed by atoms with Gasteiger partial charge in [0, 0.05) is 12.1 Å². The molecule has 1 aliphatic rings. The first kappa shape index (κ1) is 20.6. The lowest BCUT2D eigenvalue weighted by Gasteiger charge is -2.27. The highest BCUT2D eigenvalue weighted by Crippen LogP contribution is 2.32. The predicted octanol–water partition coefficient (Wildman–Crippen LogP) is 3.16. The molecule has 8 heteroatoms. The van der Waals surface area contributed by atoms with Gasteiger partial charge in [0.1, 0.15) is 5.75 Å². The number of amides is 1. The van der Waals surface area contributed by atoms with Gasteiger partial charge in [-0.05, 0) is 66.8 Å². The molecule has 2 aromatic rings. The molecule has 0 bridgehead atoms. The summed E-state index contributed by atoms with van der Waals surface area (Å²) in [5, 5.41) is 3.42. The third kappa shape index (κ3) is 4.48. The maximum absolute atomic E-state index is 12.6. The number of nitrogens with one attached hydrogen (secondary N) is 1. The molecule has 0 aliphatic heterocycles. The summed E-state index contributed by atoms with van der Waals surface area (Å²) in [6.07, 6.45) is 2.70. The van der Waals surface area contributed by atoms with Gasteiger partial charge in [0.15, 0.2) is 0 Å². The van der Waals surface area contributed by atoms with Crippen molar-refractivity contribution < 1.29 is 17.9 Å². The molecule has 6 nitrogen and oxygen atoms in total. The Balaban J connectivity index is 1.68. The van der Waals surface area contributed by atoms with Gasteiger partial charge < -0.3 is 10.1 Å². The molecule has 1 atom stereocenters. The van der Waals surface area contributed by atoms with Crippen LogP contribution in [0.4, 0.5) is 0 Å². The largest absolute Gasteiger partial charge is 0.497 e. The van der Waals surface area contributed by atoms with E-state index in [9.17, 15) is 13.2 Å². The molecule has 28 heavy (non-hydrogen) atoms. The summed E-state index contributed by atoms with van der Waals surface area (Å²) in [5.74, 6) is 0.452. The number of fused-ring (bicyclic) bond motifs is 1. The lowest BCUT2D eigenvalue weighted by molar-refractivity contribution is -0.122. The van der Waals surface area contributed by atoms with Gasteiger partial charge in [-0.1, -0.05) is 17.7 Å². The summed E-state index contributed by atoms with van der Waals surface area (Å²) in [6.45, 7) is -0.257. The van der Waals surface area contributed by atoms with E-state index < -0.39 is 10.0 Å². The Morgan fingerprint density at radius 1 is 1.25 bits per heavy atom. The molecule has 3 rings (SSSR count). The highest BCUT2D eigenvalue weighted by atomic mass is 35.5. The third-order valence-corrected chi connectivity index (χ3v) is 6.96. The molecule has 0 unspecified atom stereocenters. The highest BCUT2D eigenvalue weighted by molar-refractivity contribution is 7.89. The number of halogens is 1. The van der Waals surface area contributed by atoms with Crippen LogP contribution in [0.15, 0.2) is 47.4 Å². The molecule has 0 heterocycles. The van der Waals surface area contributed by atoms with Crippen molar-refractivity contribution in [3.05, 3.63) is 58.6 Å². The van der Waals surface area contributed by atoms with E-state index in [-0.39, 0.29) is 23.4 Å². The number of carbonyl (C=O) groups excluding carboxylic acids is 1. The number of ether oxygens (including phenoxy) is 1. The second-order valence-corrected chi connectivity index (χ2v) is 9.27. The minimum Gasteiger partial charge on any atom is -0.497 e. The van der Waals surface area contributed by atoms with E-state index in [2.05, 4.69) is 5.32 Å². The van der Waals surface area contributed by atoms with Crippen LogP contribution in [0.3, 0.4) is 0 Å². The van der Waals surface area contributed by atoms with Gasteiger partial charge in [0.25, 0.3) is 0 Å². The Hall–Kier alpha value is -2.09. The van der Waals surface area contributed by atoms with Crippen LogP contribution in [0.5, 0.6) is 5.75 Å². The number of methoxy groups -OCH3 is 1. The van der Waals surface area contributed by atoms with Gasteiger partial charge in [0.2, 0.25) is 15.9 Å². The summed E-state index contributed by atoms with van der Waals surface area (Å²) >= 11 is 5.81. The molecule has 0 fully saturated rings. The quantitative estimate of drug-likeness (QED) is 0.775. The van der Waals surface area contributed by atoms with E-state index in [1.807, 2.05) is 18.2 Å². The molecule has 1 aliphatic carbocycles. The fourth-order valence-corrected chi connectivity index (χ4v) is 4.63. The van der Waals surface area contributed by atoms with Crippen LogP contribution in [0, 0.1) is 0 Å². The standard InChI is InChI=1S/C20H23ClN2O4S/c1-23(28(25,26)17-9-6-15(21)7-10-17)13-20(24)22-19-5-3-4-14-12-16(27-2)8-11-18(14)19/h6-12,19H,3-5,13H2,1-2H3,(H,22,24)/t19-/m1/s1. The normalized spacial score (nSPS) is 16.5. The van der Waals surface area contributed by atoms with Crippen LogP contribution in [-0.2, 0) is 21.2 Å². The van der Waals surface area contributed by atoms with E-state index >= 15 is 0 Å². The molecule has 0 saturated carbocycles. The monoisotopic (exact) mass is 422 g/mol. The van der Waals surface area contributed by atoms with Gasteiger partial charge >= 0.3 is 0 Å². The van der Waals surface area contributed by atoms with E-state index in [1.165, 1.54) is 31.3 Å². The average Bonchev–Trinajstić information content (AvgIpc) is 2.68. The zero-order chi connectivity index (χ0) is 20.3. The third-order valence-electron chi connectivity index (χ3n) is 4.89. The smallest absolute Gasteiger partial charge is 0.243 e. The van der Waals surface area contributed by atoms with Crippen LogP contribution in [-0.4, -0.2) is 39.3 Å². The van der Waals surface area contributed by atoms with Crippen LogP contribution in [0.25, 0.3) is 0 Å². The minimum atomic E-state index is -3.76. The van der Waals surface area contributed by atoms with Crippen LogP contribution < -0.4 is 10.1 Å². The Labute approximate surface area is 170 Å². The fraction of sp³-hybridized carbons (Fsp3) is 0.350. The van der Waals surface area contributed by atoms with Crippen LogP contribution >= 0.6 is 11.6 Å². The zero-order valence-electron chi connectivity index (χ0n) is 15.8. The van der Waals surface area contributed by atoms with Gasteiger partial charge in [-0.3, -0.25) is 4.79 Å². The van der Waals surface area contributed by atoms with E-state index in [4.69, 9.17) is 16.3 Å². The second-order valence-electron chi connectivity index (χ2n) is 6.79. The number of aryl methyl sites for hydroxylation is 1. The lowest BCUT2D eigenvalue weighted by Crippen LogP contribution is -2.40. The van der Waals surface area contributed by atoms with Gasteiger partial charge in [-0.25, -0.2) is 8.42 Å². The van der Waals surface area contributed by atoms with E-state index in [1.54, 1.807) is 7.11 Å². The summed E-state index contributed by atoms with van der Waals surface area (Å²) in [6, 6.07) is 11.6. The van der Waals surface area contributed by atoms with Gasteiger partial charge in [0.05, 0.1) is 24.6 Å². The number of sulfonamides is 1. The number of benzene rings is 2. The molecule has 0 spiro atoms. The van der Waals surface area contributed by atoms with Gasteiger partial charge in [-0.2, -0.15) is 4.31 Å². The van der Waals surface area contributed by atoms with Crippen LogP contribution in [0.2, 0.25) is 5.02 Å². The first-order valence-corrected chi connectivity index (χ1v) is 10.8. The molecule has 1 amide bonds. The number of hydrogen-bond donors (Lipinski definition) is 1. The molecule has 1 N–H and O–H groups in total. The molecule has 150 valence electrons. The lowest BCUT2D eigenvalue weighted by atomic mass is 9.87. The maximum atomic E-state index is 12.6. The molecule has 0 radical (unpaired) electrons.